The molecule has 0 aliphatic rings. The van der Waals surface area contributed by atoms with Gasteiger partial charge >= 0.3 is 0 Å². The lowest BCUT2D eigenvalue weighted by molar-refractivity contribution is -0.120. The number of nitrogens with zero attached hydrogens (tertiary/aromatic N) is 1. The fourth-order valence-electron chi connectivity index (χ4n) is 0.998. The van der Waals surface area contributed by atoms with E-state index in [0.29, 0.717) is 18.7 Å². The van der Waals surface area contributed by atoms with Gasteiger partial charge in [-0.05, 0) is 6.92 Å². The van der Waals surface area contributed by atoms with E-state index in [1.165, 1.54) is 0 Å². The van der Waals surface area contributed by atoms with Gasteiger partial charge in [0.2, 0.25) is 5.91 Å². The first-order chi connectivity index (χ1) is 7.06. The van der Waals surface area contributed by atoms with Gasteiger partial charge in [-0.3, -0.25) is 9.00 Å². The molecule has 0 fully saturated rings. The van der Waals surface area contributed by atoms with Crippen molar-refractivity contribution in [2.75, 3.05) is 25.1 Å². The van der Waals surface area contributed by atoms with E-state index >= 15 is 0 Å². The third-order valence-corrected chi connectivity index (χ3v) is 2.62. The lowest BCUT2D eigenvalue weighted by atomic mass is 10.4. The van der Waals surface area contributed by atoms with Gasteiger partial charge in [0, 0.05) is 35.4 Å². The number of carbonyl (C=O) groups is 1. The second-order valence-corrected chi connectivity index (χ2v) is 4.76. The van der Waals surface area contributed by atoms with E-state index in [-0.39, 0.29) is 18.5 Å². The Morgan fingerprint density at radius 1 is 1.60 bits per heavy atom. The average Bonchev–Trinajstić information content (AvgIpc) is 2.14. The Morgan fingerprint density at radius 2 is 2.27 bits per heavy atom. The third kappa shape index (κ3) is 9.38. The van der Waals surface area contributed by atoms with Gasteiger partial charge in [0.1, 0.15) is 0 Å². The summed E-state index contributed by atoms with van der Waals surface area (Å²) in [4.78, 5) is 11.1. The molecular weight excluding hydrogens is 214 g/mol. The Kier molecular flexibility index (Phi) is 7.86. The first-order valence-corrected chi connectivity index (χ1v) is 6.46. The molecule has 0 aromatic heterocycles. The van der Waals surface area contributed by atoms with Crippen LogP contribution in [0.5, 0.6) is 0 Å². The van der Waals surface area contributed by atoms with Crippen molar-refractivity contribution in [1.82, 2.24) is 10.6 Å². The number of amides is 1. The van der Waals surface area contributed by atoms with E-state index in [0.717, 1.165) is 0 Å². The van der Waals surface area contributed by atoms with E-state index in [9.17, 15) is 9.00 Å². The standard InChI is InChI=1S/C9H17N3O2S/c1-8(7-15(2)14)12-6-9(13)11-5-3-4-10/h8,12H,3,5-7H2,1-2H3,(H,11,13). The van der Waals surface area contributed by atoms with Gasteiger partial charge in [-0.1, -0.05) is 0 Å². The van der Waals surface area contributed by atoms with Crippen LogP contribution in [0, 0.1) is 11.3 Å². The van der Waals surface area contributed by atoms with Gasteiger partial charge in [0.05, 0.1) is 19.0 Å². The number of carbonyl (C=O) groups excluding carboxylic acids is 1. The van der Waals surface area contributed by atoms with Crippen LogP contribution >= 0.6 is 0 Å². The number of nitrogens with one attached hydrogen (secondary N) is 2. The molecule has 2 atom stereocenters. The Morgan fingerprint density at radius 3 is 2.80 bits per heavy atom. The highest BCUT2D eigenvalue weighted by atomic mass is 32.2. The zero-order chi connectivity index (χ0) is 11.7. The van der Waals surface area contributed by atoms with Crippen LogP contribution in [-0.4, -0.2) is 41.3 Å². The van der Waals surface area contributed by atoms with Crippen molar-refractivity contribution in [3.8, 4) is 6.07 Å². The molecule has 2 unspecified atom stereocenters. The van der Waals surface area contributed by atoms with Crippen LogP contribution < -0.4 is 10.6 Å². The molecule has 5 nitrogen and oxygen atoms in total. The Bertz CT molecular complexity index is 263. The highest BCUT2D eigenvalue weighted by molar-refractivity contribution is 7.84. The maximum Gasteiger partial charge on any atom is 0.233 e. The zero-order valence-electron chi connectivity index (χ0n) is 9.08. The van der Waals surface area contributed by atoms with Gasteiger partial charge < -0.3 is 10.6 Å². The lowest BCUT2D eigenvalue weighted by Gasteiger charge is -2.11. The van der Waals surface area contributed by atoms with Crippen LogP contribution in [0.3, 0.4) is 0 Å². The van der Waals surface area contributed by atoms with Gasteiger partial charge in [0.25, 0.3) is 0 Å². The molecule has 0 spiro atoms. The van der Waals surface area contributed by atoms with Crippen molar-refractivity contribution in [3.05, 3.63) is 0 Å². The maximum absolute atomic E-state index is 11.1. The molecule has 0 saturated heterocycles. The topological polar surface area (TPSA) is 82.0 Å². The van der Waals surface area contributed by atoms with Crippen molar-refractivity contribution in [2.45, 2.75) is 19.4 Å². The van der Waals surface area contributed by atoms with Crippen LogP contribution in [0.2, 0.25) is 0 Å². The Balaban J connectivity index is 3.53. The van der Waals surface area contributed by atoms with Crippen LogP contribution in [0.4, 0.5) is 0 Å². The molecule has 0 rings (SSSR count). The van der Waals surface area contributed by atoms with E-state index in [4.69, 9.17) is 5.26 Å². The summed E-state index contributed by atoms with van der Waals surface area (Å²) in [5.74, 6) is 0.393. The summed E-state index contributed by atoms with van der Waals surface area (Å²) in [6, 6.07) is 1.99. The number of rotatable bonds is 7. The van der Waals surface area contributed by atoms with E-state index in [1.54, 1.807) is 6.26 Å². The lowest BCUT2D eigenvalue weighted by Crippen LogP contribution is -2.40. The van der Waals surface area contributed by atoms with Crippen molar-refractivity contribution in [1.29, 1.82) is 5.26 Å². The number of hydrogen-bond acceptors (Lipinski definition) is 4. The quantitative estimate of drug-likeness (QED) is 0.572. The van der Waals surface area contributed by atoms with E-state index in [1.807, 2.05) is 13.0 Å². The van der Waals surface area contributed by atoms with Crippen molar-refractivity contribution < 1.29 is 9.00 Å². The second-order valence-electron chi connectivity index (χ2n) is 3.28. The fourth-order valence-corrected chi connectivity index (χ4v) is 1.82. The number of nitriles is 1. The van der Waals surface area contributed by atoms with Crippen molar-refractivity contribution >= 4 is 16.7 Å². The first kappa shape index (κ1) is 14.1. The highest BCUT2D eigenvalue weighted by Crippen LogP contribution is 1.84. The van der Waals surface area contributed by atoms with Crippen LogP contribution in [0.1, 0.15) is 13.3 Å². The van der Waals surface area contributed by atoms with Crippen LogP contribution in [0.15, 0.2) is 0 Å². The third-order valence-electron chi connectivity index (χ3n) is 1.65. The summed E-state index contributed by atoms with van der Waals surface area (Å²) in [6.45, 7) is 2.46. The second kappa shape index (κ2) is 8.38. The predicted octanol–water partition coefficient (Wildman–Crippen LogP) is -0.627. The fraction of sp³-hybridized carbons (Fsp3) is 0.778. The molecule has 1 amide bonds. The molecule has 86 valence electrons. The molecule has 0 heterocycles. The highest BCUT2D eigenvalue weighted by Gasteiger charge is 2.06. The van der Waals surface area contributed by atoms with Crippen LogP contribution in [0.25, 0.3) is 0 Å². The smallest absolute Gasteiger partial charge is 0.233 e. The molecule has 0 aromatic rings. The van der Waals surface area contributed by atoms with Crippen molar-refractivity contribution in [2.24, 2.45) is 0 Å². The molecule has 2 N–H and O–H groups in total. The average molecular weight is 231 g/mol. The summed E-state index contributed by atoms with van der Waals surface area (Å²) in [6.07, 6.45) is 1.95. The molecule has 0 aliphatic heterocycles. The molecule has 6 heteroatoms. The van der Waals surface area contributed by atoms with Gasteiger partial charge in [-0.25, -0.2) is 0 Å². The van der Waals surface area contributed by atoms with Gasteiger partial charge in [0.15, 0.2) is 0 Å². The molecule has 0 bridgehead atoms. The van der Waals surface area contributed by atoms with E-state index in [2.05, 4.69) is 10.6 Å². The van der Waals surface area contributed by atoms with Crippen LogP contribution in [-0.2, 0) is 15.6 Å². The van der Waals surface area contributed by atoms with E-state index < -0.39 is 10.8 Å². The summed E-state index contributed by atoms with van der Waals surface area (Å²) in [7, 11) is -0.854. The van der Waals surface area contributed by atoms with Crippen molar-refractivity contribution in [3.63, 3.8) is 0 Å². The summed E-state index contributed by atoms with van der Waals surface area (Å²) in [5.41, 5.74) is 0. The van der Waals surface area contributed by atoms with Gasteiger partial charge in [-0.2, -0.15) is 5.26 Å². The summed E-state index contributed by atoms with van der Waals surface area (Å²) >= 11 is 0. The maximum atomic E-state index is 11.1. The minimum absolute atomic E-state index is 0.0533. The summed E-state index contributed by atoms with van der Waals surface area (Å²) in [5, 5.41) is 13.8. The minimum Gasteiger partial charge on any atom is -0.354 e. The largest absolute Gasteiger partial charge is 0.354 e. The molecule has 0 aliphatic carbocycles. The predicted molar refractivity (Wildman–Crippen MR) is 59.6 cm³/mol. The minimum atomic E-state index is -0.854. The molecular formula is C9H17N3O2S. The molecule has 0 radical (unpaired) electrons. The van der Waals surface area contributed by atoms with Gasteiger partial charge in [-0.15, -0.1) is 0 Å². The molecule has 15 heavy (non-hydrogen) atoms. The first-order valence-electron chi connectivity index (χ1n) is 4.73. The SMILES string of the molecule is CC(CS(C)=O)NCC(=O)NCCC#N. The molecule has 0 aromatic carbocycles. The Hall–Kier alpha value is -0.930. The Labute approximate surface area is 92.7 Å². The number of hydrogen-bond donors (Lipinski definition) is 2. The zero-order valence-corrected chi connectivity index (χ0v) is 9.89. The normalized spacial score (nSPS) is 13.9. The monoisotopic (exact) mass is 231 g/mol. The summed E-state index contributed by atoms with van der Waals surface area (Å²) < 4.78 is 10.8. The molecule has 0 saturated carbocycles.